The molecular weight excluding hydrogens is 222 g/mol. The van der Waals surface area contributed by atoms with Gasteiger partial charge in [-0.2, -0.15) is 0 Å². The molecule has 1 heterocycles. The SMILES string of the molecule is CC(C)(C)C(N)CCCC1Cc2ccccc2O1. The maximum atomic E-state index is 6.18. The van der Waals surface area contributed by atoms with Crippen molar-refractivity contribution in [3.63, 3.8) is 0 Å². The third-order valence-electron chi connectivity index (χ3n) is 3.87. The Morgan fingerprint density at radius 3 is 2.72 bits per heavy atom. The summed E-state index contributed by atoms with van der Waals surface area (Å²) in [6.07, 6.45) is 4.76. The zero-order valence-corrected chi connectivity index (χ0v) is 11.8. The van der Waals surface area contributed by atoms with E-state index in [4.69, 9.17) is 10.5 Å². The summed E-state index contributed by atoms with van der Waals surface area (Å²) in [5, 5.41) is 0. The second-order valence-corrected chi connectivity index (χ2v) is 6.46. The van der Waals surface area contributed by atoms with E-state index in [9.17, 15) is 0 Å². The van der Waals surface area contributed by atoms with Crippen molar-refractivity contribution in [2.45, 2.75) is 58.6 Å². The number of ether oxygens (including phenoxy) is 1. The van der Waals surface area contributed by atoms with E-state index in [-0.39, 0.29) is 11.5 Å². The molecule has 100 valence electrons. The highest BCUT2D eigenvalue weighted by Crippen LogP contribution is 2.30. The molecule has 1 aromatic carbocycles. The second kappa shape index (κ2) is 5.31. The first kappa shape index (κ1) is 13.4. The average Bonchev–Trinajstić information content (AvgIpc) is 2.70. The van der Waals surface area contributed by atoms with Crippen molar-refractivity contribution in [3.8, 4) is 5.75 Å². The molecule has 0 fully saturated rings. The summed E-state index contributed by atoms with van der Waals surface area (Å²) in [7, 11) is 0. The van der Waals surface area contributed by atoms with E-state index in [0.717, 1.165) is 31.4 Å². The maximum absolute atomic E-state index is 6.18. The molecule has 0 bridgehead atoms. The summed E-state index contributed by atoms with van der Waals surface area (Å²) in [5.41, 5.74) is 7.74. The minimum absolute atomic E-state index is 0.208. The Kier molecular flexibility index (Phi) is 3.96. The van der Waals surface area contributed by atoms with Crippen molar-refractivity contribution in [2.24, 2.45) is 11.1 Å². The van der Waals surface area contributed by atoms with Gasteiger partial charge in [-0.3, -0.25) is 0 Å². The lowest BCUT2D eigenvalue weighted by Crippen LogP contribution is -2.35. The fourth-order valence-electron chi connectivity index (χ4n) is 2.41. The van der Waals surface area contributed by atoms with Crippen LogP contribution in [-0.2, 0) is 6.42 Å². The number of fused-ring (bicyclic) bond motifs is 1. The lowest BCUT2D eigenvalue weighted by atomic mass is 9.84. The summed E-state index contributed by atoms with van der Waals surface area (Å²) >= 11 is 0. The van der Waals surface area contributed by atoms with Crippen LogP contribution in [0.15, 0.2) is 24.3 Å². The predicted molar refractivity (Wildman–Crippen MR) is 75.8 cm³/mol. The van der Waals surface area contributed by atoms with Gasteiger partial charge in [0.1, 0.15) is 11.9 Å². The van der Waals surface area contributed by atoms with E-state index in [1.54, 1.807) is 0 Å². The van der Waals surface area contributed by atoms with Gasteiger partial charge in [-0.25, -0.2) is 0 Å². The van der Waals surface area contributed by atoms with Gasteiger partial charge < -0.3 is 10.5 Å². The third kappa shape index (κ3) is 3.26. The molecular formula is C16H25NO. The largest absolute Gasteiger partial charge is 0.490 e. The average molecular weight is 247 g/mol. The Bertz CT molecular complexity index is 369. The van der Waals surface area contributed by atoms with Gasteiger partial charge in [-0.1, -0.05) is 39.0 Å². The monoisotopic (exact) mass is 247 g/mol. The molecule has 2 rings (SSSR count). The second-order valence-electron chi connectivity index (χ2n) is 6.46. The highest BCUT2D eigenvalue weighted by molar-refractivity contribution is 5.37. The van der Waals surface area contributed by atoms with Gasteiger partial charge in [-0.05, 0) is 36.3 Å². The minimum Gasteiger partial charge on any atom is -0.490 e. The first-order valence-corrected chi connectivity index (χ1v) is 6.97. The molecule has 0 saturated carbocycles. The molecule has 0 radical (unpaired) electrons. The molecule has 0 aromatic heterocycles. The molecule has 1 aliphatic rings. The van der Waals surface area contributed by atoms with Crippen LogP contribution >= 0.6 is 0 Å². The molecule has 0 spiro atoms. The van der Waals surface area contributed by atoms with Crippen molar-refractivity contribution in [1.82, 2.24) is 0 Å². The van der Waals surface area contributed by atoms with Crippen molar-refractivity contribution in [3.05, 3.63) is 29.8 Å². The van der Waals surface area contributed by atoms with Crippen LogP contribution in [0.1, 0.15) is 45.6 Å². The Morgan fingerprint density at radius 2 is 2.06 bits per heavy atom. The fraction of sp³-hybridized carbons (Fsp3) is 0.625. The van der Waals surface area contributed by atoms with Gasteiger partial charge in [0.25, 0.3) is 0 Å². The van der Waals surface area contributed by atoms with Crippen molar-refractivity contribution < 1.29 is 4.74 Å². The van der Waals surface area contributed by atoms with Gasteiger partial charge in [0.2, 0.25) is 0 Å². The molecule has 2 unspecified atom stereocenters. The minimum atomic E-state index is 0.208. The highest BCUT2D eigenvalue weighted by atomic mass is 16.5. The molecule has 0 saturated heterocycles. The summed E-state index contributed by atoms with van der Waals surface area (Å²) in [6.45, 7) is 6.62. The van der Waals surface area contributed by atoms with Gasteiger partial charge in [-0.15, -0.1) is 0 Å². The van der Waals surface area contributed by atoms with Crippen molar-refractivity contribution in [1.29, 1.82) is 0 Å². The van der Waals surface area contributed by atoms with Crippen LogP contribution in [0.3, 0.4) is 0 Å². The Hall–Kier alpha value is -1.02. The van der Waals surface area contributed by atoms with E-state index in [1.165, 1.54) is 5.56 Å². The van der Waals surface area contributed by atoms with E-state index in [2.05, 4.69) is 39.0 Å². The molecule has 0 aliphatic carbocycles. The zero-order chi connectivity index (χ0) is 13.2. The first-order valence-electron chi connectivity index (χ1n) is 6.97. The maximum Gasteiger partial charge on any atom is 0.123 e. The van der Waals surface area contributed by atoms with Crippen LogP contribution in [0.4, 0.5) is 0 Å². The molecule has 2 heteroatoms. The van der Waals surface area contributed by atoms with Gasteiger partial charge >= 0.3 is 0 Å². The van der Waals surface area contributed by atoms with Crippen LogP contribution in [0.2, 0.25) is 0 Å². The van der Waals surface area contributed by atoms with Crippen molar-refractivity contribution >= 4 is 0 Å². The Balaban J connectivity index is 1.74. The number of rotatable bonds is 4. The third-order valence-corrected chi connectivity index (χ3v) is 3.87. The summed E-state index contributed by atoms with van der Waals surface area (Å²) in [6, 6.07) is 8.63. The number of hydrogen-bond donors (Lipinski definition) is 1. The lowest BCUT2D eigenvalue weighted by molar-refractivity contribution is 0.208. The van der Waals surface area contributed by atoms with Crippen LogP contribution in [0.5, 0.6) is 5.75 Å². The van der Waals surface area contributed by atoms with Crippen LogP contribution < -0.4 is 10.5 Å². The van der Waals surface area contributed by atoms with Crippen LogP contribution in [-0.4, -0.2) is 12.1 Å². The summed E-state index contributed by atoms with van der Waals surface area (Å²) < 4.78 is 5.93. The molecule has 1 aliphatic heterocycles. The smallest absolute Gasteiger partial charge is 0.123 e. The zero-order valence-electron chi connectivity index (χ0n) is 11.8. The highest BCUT2D eigenvalue weighted by Gasteiger charge is 2.24. The Labute approximate surface area is 111 Å². The summed E-state index contributed by atoms with van der Waals surface area (Å²) in [4.78, 5) is 0. The summed E-state index contributed by atoms with van der Waals surface area (Å²) in [5.74, 6) is 1.07. The van der Waals surface area contributed by atoms with Crippen LogP contribution in [0, 0.1) is 5.41 Å². The number of para-hydroxylation sites is 1. The molecule has 18 heavy (non-hydrogen) atoms. The quantitative estimate of drug-likeness (QED) is 0.883. The first-order chi connectivity index (χ1) is 8.47. The van der Waals surface area contributed by atoms with E-state index >= 15 is 0 Å². The molecule has 1 aromatic rings. The van der Waals surface area contributed by atoms with Crippen molar-refractivity contribution in [2.75, 3.05) is 0 Å². The van der Waals surface area contributed by atoms with E-state index < -0.39 is 0 Å². The standard InChI is InChI=1S/C16H25NO/c1-16(2,3)15(17)10-6-8-13-11-12-7-4-5-9-14(12)18-13/h4-5,7,9,13,15H,6,8,10-11,17H2,1-3H3. The van der Waals surface area contributed by atoms with Gasteiger partial charge in [0.05, 0.1) is 0 Å². The number of hydrogen-bond acceptors (Lipinski definition) is 2. The number of nitrogens with two attached hydrogens (primary N) is 1. The number of benzene rings is 1. The molecule has 0 amide bonds. The molecule has 2 N–H and O–H groups in total. The van der Waals surface area contributed by atoms with Gasteiger partial charge in [0.15, 0.2) is 0 Å². The normalized spacial score (nSPS) is 20.3. The molecule has 2 nitrogen and oxygen atoms in total. The van der Waals surface area contributed by atoms with E-state index in [1.807, 2.05) is 6.07 Å². The Morgan fingerprint density at radius 1 is 1.33 bits per heavy atom. The molecule has 2 atom stereocenters. The van der Waals surface area contributed by atoms with Gasteiger partial charge in [0, 0.05) is 12.5 Å². The van der Waals surface area contributed by atoms with Crippen LogP contribution in [0.25, 0.3) is 0 Å². The lowest BCUT2D eigenvalue weighted by Gasteiger charge is -2.27. The topological polar surface area (TPSA) is 35.2 Å². The predicted octanol–water partition coefficient (Wildman–Crippen LogP) is 3.53. The van der Waals surface area contributed by atoms with E-state index in [0.29, 0.717) is 6.10 Å². The fourth-order valence-corrected chi connectivity index (χ4v) is 2.41.